The number of anilines is 2. The van der Waals surface area contributed by atoms with Gasteiger partial charge in [-0.05, 0) is 58.8 Å². The van der Waals surface area contributed by atoms with Crippen molar-refractivity contribution >= 4 is 17.7 Å². The zero-order chi connectivity index (χ0) is 18.7. The maximum Gasteiger partial charge on any atom is 0.254 e. The Bertz CT molecular complexity index is 637. The summed E-state index contributed by atoms with van der Waals surface area (Å²) < 4.78 is 6.01. The Morgan fingerprint density at radius 2 is 1.85 bits per heavy atom. The molecule has 0 spiro atoms. The molecule has 0 bridgehead atoms. The molecule has 7 heteroatoms. The zero-order valence-electron chi connectivity index (χ0n) is 16.0. The van der Waals surface area contributed by atoms with Gasteiger partial charge in [-0.1, -0.05) is 6.92 Å². The summed E-state index contributed by atoms with van der Waals surface area (Å²) >= 11 is 0. The van der Waals surface area contributed by atoms with Gasteiger partial charge in [0.05, 0.1) is 17.8 Å². The van der Waals surface area contributed by atoms with E-state index in [1.165, 1.54) is 19.0 Å². The van der Waals surface area contributed by atoms with E-state index in [1.54, 1.807) is 0 Å². The zero-order valence-corrected chi connectivity index (χ0v) is 16.0. The number of nitrogens with zero attached hydrogens (tertiary/aromatic N) is 2. The van der Waals surface area contributed by atoms with E-state index >= 15 is 0 Å². The number of ether oxygens (including phenoxy) is 1. The monoisotopic (exact) mass is 361 g/mol. The first-order valence-corrected chi connectivity index (χ1v) is 9.73. The summed E-state index contributed by atoms with van der Waals surface area (Å²) in [5.74, 6) is 0.507. The number of carbonyl (C=O) groups excluding carboxylic acids is 1. The first-order valence-electron chi connectivity index (χ1n) is 9.73. The molecule has 0 aromatic carbocycles. The van der Waals surface area contributed by atoms with Gasteiger partial charge in [-0.15, -0.1) is 0 Å². The lowest BCUT2D eigenvalue weighted by Gasteiger charge is -2.30. The SMILES string of the molecule is CCC(C)(C)Nc1nc(NC2CCC(OC3CC3)CC2)ncc1C(N)=O. The van der Waals surface area contributed by atoms with Crippen molar-refractivity contribution in [2.45, 2.75) is 89.5 Å². The van der Waals surface area contributed by atoms with Crippen molar-refractivity contribution in [2.24, 2.45) is 5.73 Å². The fourth-order valence-electron chi connectivity index (χ4n) is 3.14. The molecule has 3 rings (SSSR count). The summed E-state index contributed by atoms with van der Waals surface area (Å²) in [6, 6.07) is 0.334. The van der Waals surface area contributed by atoms with Gasteiger partial charge in [0.1, 0.15) is 5.82 Å². The fraction of sp³-hybridized carbons (Fsp3) is 0.737. The number of rotatable bonds is 8. The van der Waals surface area contributed by atoms with Gasteiger partial charge in [0.2, 0.25) is 5.95 Å². The third-order valence-electron chi connectivity index (χ3n) is 5.31. The van der Waals surface area contributed by atoms with Crippen LogP contribution in [0.1, 0.15) is 76.1 Å². The van der Waals surface area contributed by atoms with E-state index in [4.69, 9.17) is 10.5 Å². The van der Waals surface area contributed by atoms with Crippen molar-refractivity contribution in [3.63, 3.8) is 0 Å². The van der Waals surface area contributed by atoms with Crippen LogP contribution in [0.15, 0.2) is 6.20 Å². The molecule has 4 N–H and O–H groups in total. The minimum absolute atomic E-state index is 0.186. The number of nitrogens with two attached hydrogens (primary N) is 1. The molecule has 2 fully saturated rings. The molecule has 1 amide bonds. The van der Waals surface area contributed by atoms with Crippen LogP contribution in [0, 0.1) is 0 Å². The molecular formula is C19H31N5O2. The highest BCUT2D eigenvalue weighted by Crippen LogP contribution is 2.31. The molecule has 26 heavy (non-hydrogen) atoms. The summed E-state index contributed by atoms with van der Waals surface area (Å²) in [5.41, 5.74) is 5.61. The van der Waals surface area contributed by atoms with Gasteiger partial charge in [0, 0.05) is 17.8 Å². The molecule has 0 unspecified atom stereocenters. The molecule has 0 saturated heterocycles. The number of nitrogens with one attached hydrogen (secondary N) is 2. The van der Waals surface area contributed by atoms with E-state index in [0.717, 1.165) is 32.1 Å². The van der Waals surface area contributed by atoms with Crippen LogP contribution in [-0.2, 0) is 4.74 Å². The fourth-order valence-corrected chi connectivity index (χ4v) is 3.14. The van der Waals surface area contributed by atoms with Crippen molar-refractivity contribution in [3.8, 4) is 0 Å². The van der Waals surface area contributed by atoms with Crippen LogP contribution < -0.4 is 16.4 Å². The molecule has 1 aromatic rings. The molecule has 0 radical (unpaired) electrons. The van der Waals surface area contributed by atoms with E-state index < -0.39 is 5.91 Å². The lowest BCUT2D eigenvalue weighted by atomic mass is 9.93. The van der Waals surface area contributed by atoms with E-state index in [2.05, 4.69) is 41.4 Å². The predicted molar refractivity (Wildman–Crippen MR) is 102 cm³/mol. The quantitative estimate of drug-likeness (QED) is 0.657. The average molecular weight is 361 g/mol. The number of carbonyl (C=O) groups is 1. The highest BCUT2D eigenvalue weighted by atomic mass is 16.5. The lowest BCUT2D eigenvalue weighted by Crippen LogP contribution is -2.33. The van der Waals surface area contributed by atoms with Gasteiger partial charge >= 0.3 is 0 Å². The highest BCUT2D eigenvalue weighted by molar-refractivity contribution is 5.97. The number of primary amides is 1. The van der Waals surface area contributed by atoms with Crippen LogP contribution in [0.3, 0.4) is 0 Å². The van der Waals surface area contributed by atoms with Gasteiger partial charge in [-0.25, -0.2) is 4.98 Å². The molecule has 7 nitrogen and oxygen atoms in total. The third-order valence-corrected chi connectivity index (χ3v) is 5.31. The number of hydrogen-bond donors (Lipinski definition) is 3. The summed E-state index contributed by atoms with van der Waals surface area (Å²) in [7, 11) is 0. The number of aromatic nitrogens is 2. The van der Waals surface area contributed by atoms with Crippen LogP contribution in [0.2, 0.25) is 0 Å². The molecule has 1 aromatic heterocycles. The molecule has 2 saturated carbocycles. The van der Waals surface area contributed by atoms with Crippen LogP contribution in [0.4, 0.5) is 11.8 Å². The Kier molecular flexibility index (Phi) is 5.65. The highest BCUT2D eigenvalue weighted by Gasteiger charge is 2.29. The van der Waals surface area contributed by atoms with E-state index in [-0.39, 0.29) is 5.54 Å². The Balaban J connectivity index is 1.63. The van der Waals surface area contributed by atoms with Crippen molar-refractivity contribution < 1.29 is 9.53 Å². The van der Waals surface area contributed by atoms with E-state index in [1.807, 2.05) is 0 Å². The summed E-state index contributed by atoms with van der Waals surface area (Å²) in [6.07, 6.45) is 10.00. The Hall–Kier alpha value is -1.89. The largest absolute Gasteiger partial charge is 0.375 e. The lowest BCUT2D eigenvalue weighted by molar-refractivity contribution is 0.0146. The van der Waals surface area contributed by atoms with Gasteiger partial charge in [-0.2, -0.15) is 4.98 Å². The Morgan fingerprint density at radius 1 is 1.23 bits per heavy atom. The first kappa shape index (κ1) is 18.9. The third kappa shape index (κ3) is 5.06. The van der Waals surface area contributed by atoms with Crippen LogP contribution in [-0.4, -0.2) is 39.7 Å². The van der Waals surface area contributed by atoms with E-state index in [9.17, 15) is 4.79 Å². The van der Waals surface area contributed by atoms with Crippen LogP contribution >= 0.6 is 0 Å². The van der Waals surface area contributed by atoms with E-state index in [0.29, 0.717) is 35.6 Å². The normalized spacial score (nSPS) is 23.5. The van der Waals surface area contributed by atoms with Crippen molar-refractivity contribution in [3.05, 3.63) is 11.8 Å². The molecular weight excluding hydrogens is 330 g/mol. The average Bonchev–Trinajstić information content (AvgIpc) is 3.40. The standard InChI is InChI=1S/C19H31N5O2/c1-4-19(2,3)24-17-15(16(20)25)11-21-18(23-17)22-12-5-7-13(8-6-12)26-14-9-10-14/h11-14H,4-10H2,1-3H3,(H2,20,25)(H2,21,22,23,24). The van der Waals surface area contributed by atoms with Gasteiger partial charge in [0.15, 0.2) is 0 Å². The number of amides is 1. The van der Waals surface area contributed by atoms with Crippen molar-refractivity contribution in [1.82, 2.24) is 9.97 Å². The molecule has 2 aliphatic rings. The van der Waals surface area contributed by atoms with Crippen molar-refractivity contribution in [2.75, 3.05) is 10.6 Å². The summed E-state index contributed by atoms with van der Waals surface area (Å²) in [6.45, 7) is 6.21. The van der Waals surface area contributed by atoms with Gasteiger partial charge in [0.25, 0.3) is 5.91 Å². The minimum Gasteiger partial charge on any atom is -0.375 e. The number of hydrogen-bond acceptors (Lipinski definition) is 6. The molecule has 2 aliphatic carbocycles. The topological polar surface area (TPSA) is 102 Å². The van der Waals surface area contributed by atoms with Gasteiger partial charge in [-0.3, -0.25) is 4.79 Å². The maximum absolute atomic E-state index is 11.7. The summed E-state index contributed by atoms with van der Waals surface area (Å²) in [5, 5.41) is 6.73. The molecule has 0 atom stereocenters. The van der Waals surface area contributed by atoms with Crippen LogP contribution in [0.5, 0.6) is 0 Å². The maximum atomic E-state index is 11.7. The first-order chi connectivity index (χ1) is 12.4. The second-order valence-electron chi connectivity index (χ2n) is 8.14. The van der Waals surface area contributed by atoms with Crippen LogP contribution in [0.25, 0.3) is 0 Å². The molecule has 144 valence electrons. The second-order valence-corrected chi connectivity index (χ2v) is 8.14. The predicted octanol–water partition coefficient (Wildman–Crippen LogP) is 3.08. The van der Waals surface area contributed by atoms with Crippen molar-refractivity contribution in [1.29, 1.82) is 0 Å². The smallest absolute Gasteiger partial charge is 0.254 e. The minimum atomic E-state index is -0.524. The Labute approximate surface area is 155 Å². The second kappa shape index (κ2) is 7.78. The molecule has 1 heterocycles. The summed E-state index contributed by atoms with van der Waals surface area (Å²) in [4.78, 5) is 20.5. The molecule has 0 aliphatic heterocycles. The van der Waals surface area contributed by atoms with Gasteiger partial charge < -0.3 is 21.1 Å². The Morgan fingerprint density at radius 3 is 2.38 bits per heavy atom.